The van der Waals surface area contributed by atoms with E-state index in [2.05, 4.69) is 0 Å². The lowest BCUT2D eigenvalue weighted by Crippen LogP contribution is -2.18. The van der Waals surface area contributed by atoms with E-state index in [0.717, 1.165) is 17.7 Å². The van der Waals surface area contributed by atoms with Gasteiger partial charge in [-0.2, -0.15) is 0 Å². The molecule has 0 bridgehead atoms. The molecule has 0 fully saturated rings. The van der Waals surface area contributed by atoms with Crippen molar-refractivity contribution in [1.29, 1.82) is 0 Å². The molecule has 2 rings (SSSR count). The van der Waals surface area contributed by atoms with E-state index in [9.17, 15) is 19.7 Å². The summed E-state index contributed by atoms with van der Waals surface area (Å²) >= 11 is 5.83. The Morgan fingerprint density at radius 1 is 1.25 bits per heavy atom. The molecule has 0 aliphatic carbocycles. The fourth-order valence-corrected chi connectivity index (χ4v) is 2.12. The van der Waals surface area contributed by atoms with E-state index in [1.165, 1.54) is 6.07 Å². The Balaban J connectivity index is 2.04. The van der Waals surface area contributed by atoms with Gasteiger partial charge in [-0.05, 0) is 36.8 Å². The molecular weight excluding hydrogens is 338 g/mol. The van der Waals surface area contributed by atoms with Crippen molar-refractivity contribution in [2.45, 2.75) is 6.92 Å². The number of hydrogen-bond acceptors (Lipinski definition) is 6. The summed E-state index contributed by atoms with van der Waals surface area (Å²) in [7, 11) is 0. The second kappa shape index (κ2) is 7.56. The number of aldehydes is 1. The molecular formula is C16H12ClNO6. The first-order valence-corrected chi connectivity index (χ1v) is 7.11. The van der Waals surface area contributed by atoms with E-state index in [1.54, 1.807) is 25.1 Å². The number of carbonyl (C=O) groups excluding carboxylic acids is 2. The summed E-state index contributed by atoms with van der Waals surface area (Å²) in [5.41, 5.74) is 0.379. The van der Waals surface area contributed by atoms with Gasteiger partial charge in [0.05, 0.1) is 10.5 Å². The summed E-state index contributed by atoms with van der Waals surface area (Å²) in [6.07, 6.45) is 0.375. The lowest BCUT2D eigenvalue weighted by molar-refractivity contribution is -0.384. The third-order valence-electron chi connectivity index (χ3n) is 3.04. The molecule has 8 heteroatoms. The number of aryl methyl sites for hydroxylation is 1. The zero-order valence-electron chi connectivity index (χ0n) is 12.5. The van der Waals surface area contributed by atoms with Crippen molar-refractivity contribution in [2.24, 2.45) is 0 Å². The fraction of sp³-hybridized carbons (Fsp3) is 0.125. The summed E-state index contributed by atoms with van der Waals surface area (Å²) in [5, 5.41) is 11.2. The van der Waals surface area contributed by atoms with Gasteiger partial charge in [-0.25, -0.2) is 4.79 Å². The van der Waals surface area contributed by atoms with Gasteiger partial charge < -0.3 is 9.47 Å². The van der Waals surface area contributed by atoms with E-state index < -0.39 is 17.5 Å². The number of nitro benzene ring substituents is 1. The summed E-state index contributed by atoms with van der Waals surface area (Å²) in [6, 6.07) is 8.28. The maximum absolute atomic E-state index is 11.8. The average Bonchev–Trinajstić information content (AvgIpc) is 2.54. The molecule has 2 aromatic rings. The molecule has 124 valence electrons. The van der Waals surface area contributed by atoms with Gasteiger partial charge in [-0.1, -0.05) is 11.6 Å². The van der Waals surface area contributed by atoms with Gasteiger partial charge in [0.15, 0.2) is 12.9 Å². The topological polar surface area (TPSA) is 95.7 Å². The smallest absolute Gasteiger partial charge is 0.349 e. The van der Waals surface area contributed by atoms with E-state index in [4.69, 9.17) is 21.1 Å². The van der Waals surface area contributed by atoms with Gasteiger partial charge in [0.1, 0.15) is 11.5 Å². The first-order chi connectivity index (χ1) is 11.4. The third-order valence-corrected chi connectivity index (χ3v) is 3.27. The number of esters is 1. The predicted molar refractivity (Wildman–Crippen MR) is 85.8 cm³/mol. The Bertz CT molecular complexity index is 805. The number of hydrogen-bond donors (Lipinski definition) is 0. The minimum atomic E-state index is -0.749. The van der Waals surface area contributed by atoms with Gasteiger partial charge >= 0.3 is 5.97 Å². The van der Waals surface area contributed by atoms with Gasteiger partial charge in [0.2, 0.25) is 0 Å². The first kappa shape index (κ1) is 17.4. The number of benzene rings is 2. The molecule has 2 aromatic carbocycles. The highest BCUT2D eigenvalue weighted by Gasteiger charge is 2.15. The van der Waals surface area contributed by atoms with Crippen LogP contribution in [-0.4, -0.2) is 23.8 Å². The summed E-state index contributed by atoms with van der Waals surface area (Å²) in [5.74, 6) is -0.353. The number of nitrogens with zero attached hydrogens (tertiary/aromatic N) is 1. The number of halogens is 1. The average molecular weight is 350 g/mol. The summed E-state index contributed by atoms with van der Waals surface area (Å²) in [4.78, 5) is 32.8. The standard InChI is InChI=1S/C16H12ClNO6/c1-10-6-12(17)2-4-14(10)23-9-16(20)24-15-5-3-13(18(21)22)7-11(15)8-19/h2-8H,9H2,1H3. The van der Waals surface area contributed by atoms with Crippen LogP contribution in [0.3, 0.4) is 0 Å². The highest BCUT2D eigenvalue weighted by atomic mass is 35.5. The monoisotopic (exact) mass is 349 g/mol. The van der Waals surface area contributed by atoms with Gasteiger partial charge in [0, 0.05) is 17.2 Å². The predicted octanol–water partition coefficient (Wildman–Crippen LogP) is 3.35. The minimum Gasteiger partial charge on any atom is -0.482 e. The zero-order chi connectivity index (χ0) is 17.7. The summed E-state index contributed by atoms with van der Waals surface area (Å²) < 4.78 is 10.3. The second-order valence-electron chi connectivity index (χ2n) is 4.77. The largest absolute Gasteiger partial charge is 0.482 e. The maximum atomic E-state index is 11.8. The van der Waals surface area contributed by atoms with Crippen LogP contribution >= 0.6 is 11.6 Å². The minimum absolute atomic E-state index is 0.0722. The molecule has 0 unspecified atom stereocenters. The Morgan fingerprint density at radius 2 is 1.96 bits per heavy atom. The van der Waals surface area contributed by atoms with Crippen molar-refractivity contribution < 1.29 is 24.0 Å². The van der Waals surface area contributed by atoms with Crippen LogP contribution in [0.4, 0.5) is 5.69 Å². The van der Waals surface area contributed by atoms with Gasteiger partial charge in [-0.15, -0.1) is 0 Å². The number of nitro groups is 1. The molecule has 0 aromatic heterocycles. The number of carbonyl (C=O) groups is 2. The quantitative estimate of drug-likeness (QED) is 0.261. The molecule has 0 spiro atoms. The second-order valence-corrected chi connectivity index (χ2v) is 5.21. The van der Waals surface area contributed by atoms with Crippen LogP contribution in [-0.2, 0) is 4.79 Å². The SMILES string of the molecule is Cc1cc(Cl)ccc1OCC(=O)Oc1ccc([N+](=O)[O-])cc1C=O. The molecule has 7 nitrogen and oxygen atoms in total. The van der Waals surface area contributed by atoms with Gasteiger partial charge in [-0.3, -0.25) is 14.9 Å². The Labute approximate surface area is 141 Å². The molecule has 0 radical (unpaired) electrons. The molecule has 24 heavy (non-hydrogen) atoms. The van der Waals surface area contributed by atoms with E-state index in [1.807, 2.05) is 0 Å². The van der Waals surface area contributed by atoms with Crippen molar-refractivity contribution >= 4 is 29.5 Å². The van der Waals surface area contributed by atoms with Crippen LogP contribution in [0.25, 0.3) is 0 Å². The third kappa shape index (κ3) is 4.30. The number of ether oxygens (including phenoxy) is 2. The lowest BCUT2D eigenvalue weighted by atomic mass is 10.2. The Morgan fingerprint density at radius 3 is 2.58 bits per heavy atom. The summed E-state index contributed by atoms with van der Waals surface area (Å²) in [6.45, 7) is 1.38. The molecule has 0 amide bonds. The van der Waals surface area contributed by atoms with Gasteiger partial charge in [0.25, 0.3) is 5.69 Å². The highest BCUT2D eigenvalue weighted by Crippen LogP contribution is 2.24. The highest BCUT2D eigenvalue weighted by molar-refractivity contribution is 6.30. The van der Waals surface area contributed by atoms with E-state index in [0.29, 0.717) is 17.1 Å². The Kier molecular flexibility index (Phi) is 5.49. The maximum Gasteiger partial charge on any atom is 0.349 e. The van der Waals surface area contributed by atoms with Crippen LogP contribution in [0.2, 0.25) is 5.02 Å². The van der Waals surface area contributed by atoms with Crippen LogP contribution < -0.4 is 9.47 Å². The van der Waals surface area contributed by atoms with Crippen molar-refractivity contribution in [3.63, 3.8) is 0 Å². The van der Waals surface area contributed by atoms with Crippen LogP contribution in [0.1, 0.15) is 15.9 Å². The van der Waals surface area contributed by atoms with Crippen molar-refractivity contribution in [2.75, 3.05) is 6.61 Å². The molecule has 0 aliphatic heterocycles. The number of rotatable bonds is 6. The van der Waals surface area contributed by atoms with E-state index in [-0.39, 0.29) is 17.0 Å². The lowest BCUT2D eigenvalue weighted by Gasteiger charge is -2.10. The van der Waals surface area contributed by atoms with E-state index >= 15 is 0 Å². The molecule has 0 saturated carbocycles. The molecule has 0 N–H and O–H groups in total. The molecule has 0 aliphatic rings. The zero-order valence-corrected chi connectivity index (χ0v) is 13.3. The Hall–Kier alpha value is -2.93. The fourth-order valence-electron chi connectivity index (χ4n) is 1.90. The normalized spacial score (nSPS) is 10.1. The van der Waals surface area contributed by atoms with Crippen molar-refractivity contribution in [3.8, 4) is 11.5 Å². The first-order valence-electron chi connectivity index (χ1n) is 6.74. The molecule has 0 saturated heterocycles. The van der Waals surface area contributed by atoms with Crippen LogP contribution in [0.15, 0.2) is 36.4 Å². The van der Waals surface area contributed by atoms with Crippen LogP contribution in [0, 0.1) is 17.0 Å². The molecule has 0 atom stereocenters. The van der Waals surface area contributed by atoms with Crippen molar-refractivity contribution in [3.05, 3.63) is 62.7 Å². The number of non-ortho nitro benzene ring substituents is 1. The van der Waals surface area contributed by atoms with Crippen LogP contribution in [0.5, 0.6) is 11.5 Å². The van der Waals surface area contributed by atoms with Crippen molar-refractivity contribution in [1.82, 2.24) is 0 Å². The molecule has 0 heterocycles.